The Hall–Kier alpha value is -1.07. The first kappa shape index (κ1) is 18.7. The van der Waals surface area contributed by atoms with E-state index in [0.717, 1.165) is 32.8 Å². The van der Waals surface area contributed by atoms with E-state index in [1.54, 1.807) is 0 Å². The number of hydrogen-bond acceptors (Lipinski definition) is 2. The zero-order chi connectivity index (χ0) is 18.2. The highest BCUT2D eigenvalue weighted by Crippen LogP contribution is 2.44. The number of fused-ring (bicyclic) bond motifs is 1. The van der Waals surface area contributed by atoms with E-state index in [2.05, 4.69) is 78.4 Å². The average molecular weight is 467 g/mol. The predicted octanol–water partition coefficient (Wildman–Crippen LogP) is 6.81. The molecule has 132 valence electrons. The fourth-order valence-corrected chi connectivity index (χ4v) is 4.65. The largest absolute Gasteiger partial charge is 0.366 e. The molecule has 1 aliphatic heterocycles. The monoisotopic (exact) mass is 466 g/mol. The molecule has 0 fully saturated rings. The molecular formula is C21H24ClIN2. The third-order valence-electron chi connectivity index (χ3n) is 5.02. The van der Waals surface area contributed by atoms with Crippen molar-refractivity contribution in [1.29, 1.82) is 0 Å². The van der Waals surface area contributed by atoms with Crippen molar-refractivity contribution in [2.24, 2.45) is 4.99 Å². The molecule has 1 heterocycles. The average Bonchev–Trinajstić information content (AvgIpc) is 2.54. The first-order valence-corrected chi connectivity index (χ1v) is 10.2. The van der Waals surface area contributed by atoms with Gasteiger partial charge in [-0.2, -0.15) is 0 Å². The van der Waals surface area contributed by atoms with Crippen LogP contribution in [0.4, 0.5) is 11.4 Å². The van der Waals surface area contributed by atoms with Gasteiger partial charge in [0.15, 0.2) is 0 Å². The molecule has 0 saturated heterocycles. The van der Waals surface area contributed by atoms with Crippen LogP contribution in [0.3, 0.4) is 0 Å². The summed E-state index contributed by atoms with van der Waals surface area (Å²) < 4.78 is 1.14. The van der Waals surface area contributed by atoms with E-state index < -0.39 is 0 Å². The molecule has 1 atom stereocenters. The second-order valence-electron chi connectivity index (χ2n) is 7.30. The standard InChI is InChI=1S/C21H24ClIN2/c1-5-25-20-11-17(22)15(10-16(20)14(2)12-21(25,3)4)13-24-19-9-7-6-8-18(19)23/h6-11,13-14H,5,12H2,1-4H3. The number of para-hydroxylation sites is 1. The van der Waals surface area contributed by atoms with Crippen molar-refractivity contribution in [2.75, 3.05) is 11.4 Å². The van der Waals surface area contributed by atoms with Gasteiger partial charge in [0.25, 0.3) is 0 Å². The van der Waals surface area contributed by atoms with Gasteiger partial charge in [0.2, 0.25) is 0 Å². The maximum Gasteiger partial charge on any atom is 0.0763 e. The van der Waals surface area contributed by atoms with Crippen molar-refractivity contribution in [2.45, 2.75) is 45.6 Å². The van der Waals surface area contributed by atoms with Crippen molar-refractivity contribution in [3.8, 4) is 0 Å². The van der Waals surface area contributed by atoms with E-state index in [1.807, 2.05) is 24.4 Å². The Morgan fingerprint density at radius 3 is 2.72 bits per heavy atom. The van der Waals surface area contributed by atoms with E-state index in [0.29, 0.717) is 5.92 Å². The molecule has 2 aromatic rings. The van der Waals surface area contributed by atoms with Crippen LogP contribution in [-0.4, -0.2) is 18.3 Å². The van der Waals surface area contributed by atoms with Crippen molar-refractivity contribution in [3.05, 3.63) is 56.1 Å². The van der Waals surface area contributed by atoms with Crippen LogP contribution in [-0.2, 0) is 0 Å². The number of hydrogen-bond donors (Lipinski definition) is 0. The van der Waals surface area contributed by atoms with Crippen LogP contribution >= 0.6 is 34.2 Å². The van der Waals surface area contributed by atoms with E-state index in [1.165, 1.54) is 11.3 Å². The van der Waals surface area contributed by atoms with Gasteiger partial charge >= 0.3 is 0 Å². The molecule has 0 amide bonds. The second kappa shape index (κ2) is 7.28. The minimum atomic E-state index is 0.153. The quantitative estimate of drug-likeness (QED) is 0.358. The molecule has 3 rings (SSSR count). The fraction of sp³-hybridized carbons (Fsp3) is 0.381. The molecule has 0 bridgehead atoms. The van der Waals surface area contributed by atoms with Gasteiger partial charge in [-0.1, -0.05) is 30.7 Å². The van der Waals surface area contributed by atoms with Gasteiger partial charge in [-0.25, -0.2) is 0 Å². The van der Waals surface area contributed by atoms with Crippen LogP contribution in [0.1, 0.15) is 51.2 Å². The van der Waals surface area contributed by atoms with E-state index in [-0.39, 0.29) is 5.54 Å². The molecule has 0 saturated carbocycles. The number of aliphatic imine (C=N–C) groups is 1. The van der Waals surface area contributed by atoms with Gasteiger partial charge in [-0.3, -0.25) is 4.99 Å². The molecule has 1 unspecified atom stereocenters. The Morgan fingerprint density at radius 2 is 2.04 bits per heavy atom. The number of halogens is 2. The number of anilines is 1. The smallest absolute Gasteiger partial charge is 0.0763 e. The minimum absolute atomic E-state index is 0.153. The molecule has 4 heteroatoms. The minimum Gasteiger partial charge on any atom is -0.366 e. The highest BCUT2D eigenvalue weighted by atomic mass is 127. The maximum atomic E-state index is 6.61. The van der Waals surface area contributed by atoms with Crippen molar-refractivity contribution < 1.29 is 0 Å². The lowest BCUT2D eigenvalue weighted by Crippen LogP contribution is -2.48. The topological polar surface area (TPSA) is 15.6 Å². The summed E-state index contributed by atoms with van der Waals surface area (Å²) >= 11 is 8.92. The van der Waals surface area contributed by atoms with Crippen molar-refractivity contribution in [1.82, 2.24) is 0 Å². The Kier molecular flexibility index (Phi) is 5.45. The normalized spacial score (nSPS) is 19.3. The Labute approximate surface area is 169 Å². The Bertz CT molecular complexity index is 814. The zero-order valence-corrected chi connectivity index (χ0v) is 18.1. The van der Waals surface area contributed by atoms with E-state index >= 15 is 0 Å². The summed E-state index contributed by atoms with van der Waals surface area (Å²) in [7, 11) is 0. The molecule has 1 aliphatic rings. The van der Waals surface area contributed by atoms with E-state index in [9.17, 15) is 0 Å². The third-order valence-corrected chi connectivity index (χ3v) is 6.26. The summed E-state index contributed by atoms with van der Waals surface area (Å²) in [5.41, 5.74) is 4.75. The first-order chi connectivity index (χ1) is 11.8. The van der Waals surface area contributed by atoms with Crippen LogP contribution < -0.4 is 4.90 Å². The predicted molar refractivity (Wildman–Crippen MR) is 118 cm³/mol. The van der Waals surface area contributed by atoms with Gasteiger partial charge in [0, 0.05) is 33.1 Å². The lowest BCUT2D eigenvalue weighted by molar-refractivity contribution is 0.381. The van der Waals surface area contributed by atoms with Gasteiger partial charge in [0.05, 0.1) is 10.7 Å². The lowest BCUT2D eigenvalue weighted by Gasteiger charge is -2.47. The summed E-state index contributed by atoms with van der Waals surface area (Å²) in [6, 6.07) is 12.5. The van der Waals surface area contributed by atoms with Crippen LogP contribution in [0, 0.1) is 3.57 Å². The SMILES string of the molecule is CCN1c2cc(Cl)c(C=Nc3ccccc3I)cc2C(C)CC1(C)C. The number of benzene rings is 2. The summed E-state index contributed by atoms with van der Waals surface area (Å²) in [6.07, 6.45) is 3.03. The number of nitrogens with zero attached hydrogens (tertiary/aromatic N) is 2. The molecule has 0 spiro atoms. The molecule has 25 heavy (non-hydrogen) atoms. The van der Waals surface area contributed by atoms with Crippen molar-refractivity contribution >= 4 is 51.8 Å². The zero-order valence-electron chi connectivity index (χ0n) is 15.2. The van der Waals surface area contributed by atoms with Gasteiger partial charge in [0.1, 0.15) is 0 Å². The molecule has 0 radical (unpaired) electrons. The Balaban J connectivity index is 2.02. The summed E-state index contributed by atoms with van der Waals surface area (Å²) in [5.74, 6) is 0.508. The molecule has 0 N–H and O–H groups in total. The summed E-state index contributed by atoms with van der Waals surface area (Å²) in [4.78, 5) is 7.12. The second-order valence-corrected chi connectivity index (χ2v) is 8.87. The van der Waals surface area contributed by atoms with Gasteiger partial charge in [-0.05, 0) is 85.5 Å². The van der Waals surface area contributed by atoms with Crippen LogP contribution in [0.5, 0.6) is 0 Å². The van der Waals surface area contributed by atoms with Crippen molar-refractivity contribution in [3.63, 3.8) is 0 Å². The van der Waals surface area contributed by atoms with Gasteiger partial charge < -0.3 is 4.90 Å². The van der Waals surface area contributed by atoms with Crippen LogP contribution in [0.2, 0.25) is 5.02 Å². The summed E-state index contributed by atoms with van der Waals surface area (Å²) in [6.45, 7) is 10.1. The summed E-state index contributed by atoms with van der Waals surface area (Å²) in [5, 5.41) is 0.761. The van der Waals surface area contributed by atoms with E-state index in [4.69, 9.17) is 11.6 Å². The van der Waals surface area contributed by atoms with Crippen LogP contribution in [0.25, 0.3) is 0 Å². The third kappa shape index (κ3) is 3.72. The Morgan fingerprint density at radius 1 is 1.32 bits per heavy atom. The highest BCUT2D eigenvalue weighted by Gasteiger charge is 2.35. The molecule has 2 aromatic carbocycles. The highest BCUT2D eigenvalue weighted by molar-refractivity contribution is 14.1. The molecule has 2 nitrogen and oxygen atoms in total. The van der Waals surface area contributed by atoms with Gasteiger partial charge in [-0.15, -0.1) is 0 Å². The maximum absolute atomic E-state index is 6.61. The van der Waals surface area contributed by atoms with Crippen LogP contribution in [0.15, 0.2) is 41.4 Å². The lowest BCUT2D eigenvalue weighted by atomic mass is 9.79. The molecule has 0 aromatic heterocycles. The molecular weight excluding hydrogens is 443 g/mol. The molecule has 0 aliphatic carbocycles. The fourth-order valence-electron chi connectivity index (χ4n) is 3.91. The number of rotatable bonds is 3. The first-order valence-electron chi connectivity index (χ1n) is 8.73.